The van der Waals surface area contributed by atoms with Crippen molar-refractivity contribution in [2.75, 3.05) is 13.2 Å². The predicted molar refractivity (Wildman–Crippen MR) is 164 cm³/mol. The summed E-state index contributed by atoms with van der Waals surface area (Å²) in [4.78, 5) is 41.5. The van der Waals surface area contributed by atoms with Crippen LogP contribution >= 0.6 is 7.29 Å². The minimum Gasteiger partial charge on any atom is -0.464 e. The molecule has 0 aliphatic carbocycles. The highest BCUT2D eigenvalue weighted by Gasteiger charge is 2.39. The number of nitrogens with zero attached hydrogens (tertiary/aromatic N) is 1. The summed E-state index contributed by atoms with van der Waals surface area (Å²) in [6, 6.07) is 26.2. The Labute approximate surface area is 248 Å². The van der Waals surface area contributed by atoms with Crippen molar-refractivity contribution in [3.63, 3.8) is 0 Å². The molecule has 1 aliphatic rings. The Morgan fingerprint density at radius 1 is 0.881 bits per heavy atom. The van der Waals surface area contributed by atoms with Crippen LogP contribution in [0.15, 0.2) is 91.0 Å². The lowest BCUT2D eigenvalue weighted by atomic mass is 10.1. The van der Waals surface area contributed by atoms with Gasteiger partial charge in [0.05, 0.1) is 12.6 Å². The average molecular weight is 590 g/mol. The van der Waals surface area contributed by atoms with E-state index >= 15 is 0 Å². The van der Waals surface area contributed by atoms with Gasteiger partial charge in [-0.1, -0.05) is 91.0 Å². The Hall–Kier alpha value is -3.74. The van der Waals surface area contributed by atoms with Crippen molar-refractivity contribution in [2.24, 2.45) is 0 Å². The number of hydrogen-bond acceptors (Lipinski definition) is 5. The Bertz CT molecular complexity index is 1320. The molecule has 1 saturated heterocycles. The number of benzene rings is 3. The molecule has 2 N–H and O–H groups in total. The van der Waals surface area contributed by atoms with Gasteiger partial charge in [-0.2, -0.15) is 0 Å². The number of esters is 1. The molecular weight excluding hydrogens is 549 g/mol. The minimum atomic E-state index is -3.10. The lowest BCUT2D eigenvalue weighted by Crippen LogP contribution is -2.54. The molecule has 2 amide bonds. The van der Waals surface area contributed by atoms with Crippen LogP contribution in [0.5, 0.6) is 0 Å². The molecule has 0 radical (unpaired) electrons. The first kappa shape index (κ1) is 31.2. The molecule has 0 unspecified atom stereocenters. The summed E-state index contributed by atoms with van der Waals surface area (Å²) >= 11 is 0. The molecule has 8 nitrogen and oxygen atoms in total. The van der Waals surface area contributed by atoms with E-state index in [2.05, 4.69) is 10.4 Å². The molecule has 0 bridgehead atoms. The van der Waals surface area contributed by atoms with Crippen LogP contribution in [-0.2, 0) is 42.4 Å². The average Bonchev–Trinajstić information content (AvgIpc) is 3.48. The number of carbonyl (C=O) groups is 3. The highest BCUT2D eigenvalue weighted by Crippen LogP contribution is 2.49. The SMILES string of the molecule is CCOC(=O)[C@H](Cc1ccccc1)NC(=O)[C@@H]1CCCN1C(=O)[C@H](C)NP(=O)(Cc1ccccc1)Cc1ccccc1. The van der Waals surface area contributed by atoms with Crippen molar-refractivity contribution in [3.8, 4) is 0 Å². The lowest BCUT2D eigenvalue weighted by molar-refractivity contribution is -0.148. The smallest absolute Gasteiger partial charge is 0.328 e. The third-order valence-corrected chi connectivity index (χ3v) is 9.98. The number of ether oxygens (including phenoxy) is 1. The second-order valence-electron chi connectivity index (χ2n) is 10.7. The van der Waals surface area contributed by atoms with Gasteiger partial charge in [0.25, 0.3) is 0 Å². The van der Waals surface area contributed by atoms with Gasteiger partial charge in [-0.3, -0.25) is 14.7 Å². The molecule has 0 saturated carbocycles. The fourth-order valence-corrected chi connectivity index (χ4v) is 8.13. The zero-order chi connectivity index (χ0) is 30.0. The van der Waals surface area contributed by atoms with Gasteiger partial charge in [0.1, 0.15) is 12.1 Å². The van der Waals surface area contributed by atoms with Gasteiger partial charge < -0.3 is 19.5 Å². The zero-order valence-electron chi connectivity index (χ0n) is 24.3. The van der Waals surface area contributed by atoms with E-state index in [9.17, 15) is 18.9 Å². The van der Waals surface area contributed by atoms with Crippen molar-refractivity contribution < 1.29 is 23.7 Å². The van der Waals surface area contributed by atoms with Gasteiger partial charge in [-0.25, -0.2) is 4.79 Å². The first-order chi connectivity index (χ1) is 20.3. The first-order valence-corrected chi connectivity index (χ1v) is 16.6. The summed E-state index contributed by atoms with van der Waals surface area (Å²) in [6.07, 6.45) is 2.02. The van der Waals surface area contributed by atoms with Crippen LogP contribution in [0, 0.1) is 0 Å². The number of carbonyl (C=O) groups excluding carboxylic acids is 3. The van der Waals surface area contributed by atoms with Crippen LogP contribution in [0.3, 0.4) is 0 Å². The Morgan fingerprint density at radius 2 is 1.40 bits per heavy atom. The number of rotatable bonds is 13. The number of nitrogens with one attached hydrogen (secondary N) is 2. The van der Waals surface area contributed by atoms with E-state index in [4.69, 9.17) is 4.74 Å². The van der Waals surface area contributed by atoms with E-state index in [0.29, 0.717) is 31.7 Å². The van der Waals surface area contributed by atoms with Gasteiger partial charge in [-0.05, 0) is 43.4 Å². The lowest BCUT2D eigenvalue weighted by Gasteiger charge is -2.30. The highest BCUT2D eigenvalue weighted by molar-refractivity contribution is 7.60. The maximum atomic E-state index is 14.3. The molecule has 42 heavy (non-hydrogen) atoms. The predicted octanol–water partition coefficient (Wildman–Crippen LogP) is 4.92. The minimum absolute atomic E-state index is 0.198. The van der Waals surface area contributed by atoms with E-state index in [0.717, 1.165) is 16.7 Å². The van der Waals surface area contributed by atoms with Gasteiger partial charge >= 0.3 is 5.97 Å². The maximum Gasteiger partial charge on any atom is 0.328 e. The normalized spacial score (nSPS) is 16.4. The molecule has 3 aromatic rings. The summed E-state index contributed by atoms with van der Waals surface area (Å²) in [7, 11) is -3.10. The molecular formula is C33H40N3O5P. The third-order valence-electron chi connectivity index (χ3n) is 7.37. The second kappa shape index (κ2) is 14.9. The molecule has 1 fully saturated rings. The summed E-state index contributed by atoms with van der Waals surface area (Å²) in [6.45, 7) is 4.03. The van der Waals surface area contributed by atoms with Gasteiger partial charge in [0, 0.05) is 25.3 Å². The maximum absolute atomic E-state index is 14.3. The first-order valence-electron chi connectivity index (χ1n) is 14.5. The fourth-order valence-electron chi connectivity index (χ4n) is 5.42. The van der Waals surface area contributed by atoms with E-state index in [1.165, 1.54) is 0 Å². The molecule has 1 heterocycles. The molecule has 4 rings (SSSR count). The van der Waals surface area contributed by atoms with E-state index in [-0.39, 0.29) is 18.9 Å². The number of likely N-dealkylation sites (tertiary alicyclic amines) is 1. The molecule has 0 aromatic heterocycles. The van der Waals surface area contributed by atoms with Crippen molar-refractivity contribution in [2.45, 2.75) is 63.6 Å². The van der Waals surface area contributed by atoms with Crippen LogP contribution in [0.4, 0.5) is 0 Å². The van der Waals surface area contributed by atoms with Crippen molar-refractivity contribution >= 4 is 25.1 Å². The van der Waals surface area contributed by atoms with E-state index < -0.39 is 37.3 Å². The molecule has 3 aromatic carbocycles. The fraction of sp³-hybridized carbons (Fsp3) is 0.364. The van der Waals surface area contributed by atoms with E-state index in [1.54, 1.807) is 18.7 Å². The summed E-state index contributed by atoms with van der Waals surface area (Å²) in [5.41, 5.74) is 2.73. The second-order valence-corrected chi connectivity index (χ2v) is 13.4. The summed E-state index contributed by atoms with van der Waals surface area (Å²) in [5, 5.41) is 6.04. The van der Waals surface area contributed by atoms with Gasteiger partial charge in [0.2, 0.25) is 11.8 Å². The Balaban J connectivity index is 1.47. The Kier molecular flexibility index (Phi) is 11.1. The molecule has 9 heteroatoms. The summed E-state index contributed by atoms with van der Waals surface area (Å²) in [5.74, 6) is -1.19. The molecule has 1 aliphatic heterocycles. The van der Waals surface area contributed by atoms with E-state index in [1.807, 2.05) is 91.0 Å². The number of hydrogen-bond donors (Lipinski definition) is 2. The quantitative estimate of drug-likeness (QED) is 0.217. The van der Waals surface area contributed by atoms with Crippen molar-refractivity contribution in [3.05, 3.63) is 108 Å². The standard InChI is InChI=1S/C33H40N3O5P/c1-3-41-33(39)29(22-26-14-7-4-8-15-26)34-31(37)30-20-13-21-36(30)32(38)25(2)35-42(40,23-27-16-9-5-10-17-27)24-28-18-11-6-12-19-28/h4-12,14-19,25,29-30H,3,13,20-24H2,1-2H3,(H,34,37)(H,35,40)/t25-,29-,30-/m0/s1. The molecule has 0 spiro atoms. The third kappa shape index (κ3) is 8.63. The van der Waals surface area contributed by atoms with Crippen molar-refractivity contribution in [1.29, 1.82) is 0 Å². The van der Waals surface area contributed by atoms with Gasteiger partial charge in [-0.15, -0.1) is 0 Å². The zero-order valence-corrected chi connectivity index (χ0v) is 25.2. The largest absolute Gasteiger partial charge is 0.464 e. The van der Waals surface area contributed by atoms with Crippen LogP contribution in [-0.4, -0.2) is 54.0 Å². The van der Waals surface area contributed by atoms with Crippen LogP contribution < -0.4 is 10.4 Å². The summed E-state index contributed by atoms with van der Waals surface area (Å²) < 4.78 is 19.6. The van der Waals surface area contributed by atoms with Crippen molar-refractivity contribution in [1.82, 2.24) is 15.3 Å². The monoisotopic (exact) mass is 589 g/mol. The Morgan fingerprint density at radius 3 is 1.93 bits per heavy atom. The van der Waals surface area contributed by atoms with Crippen LogP contribution in [0.1, 0.15) is 43.4 Å². The topological polar surface area (TPSA) is 105 Å². The number of amides is 2. The van der Waals surface area contributed by atoms with Crippen LogP contribution in [0.25, 0.3) is 0 Å². The molecule has 222 valence electrons. The van der Waals surface area contributed by atoms with Gasteiger partial charge in [0.15, 0.2) is 7.29 Å². The molecule has 3 atom stereocenters. The van der Waals surface area contributed by atoms with Crippen LogP contribution in [0.2, 0.25) is 0 Å². The highest BCUT2D eigenvalue weighted by atomic mass is 31.2.